The summed E-state index contributed by atoms with van der Waals surface area (Å²) < 4.78 is 5.79. The average Bonchev–Trinajstić information content (AvgIpc) is 2.92. The fraction of sp³-hybridized carbons (Fsp3) is 0.611. The van der Waals surface area contributed by atoms with E-state index in [0.29, 0.717) is 0 Å². The minimum atomic E-state index is -0.0504. The average molecular weight is 431 g/mol. The number of hydrogen-bond acceptors (Lipinski definition) is 2. The van der Waals surface area contributed by atoms with E-state index in [9.17, 15) is 0 Å². The third-order valence-electron chi connectivity index (χ3n) is 4.34. The molecule has 1 saturated heterocycles. The topological polar surface area (TPSA) is 45.7 Å². The first kappa shape index (κ1) is 20.2. The van der Waals surface area contributed by atoms with Gasteiger partial charge < -0.3 is 15.4 Å². The standard InChI is InChI=1S/C18H29N3O.HI/c1-14-6-7-16(15(2)12-14)8-10-20-17(19-4)21-13-18(3)9-5-11-22-18;/h6-7,12H,5,8-11,13H2,1-4H3,(H2,19,20,21);1H. The molecule has 1 aromatic rings. The van der Waals surface area contributed by atoms with E-state index in [1.165, 1.54) is 16.7 Å². The van der Waals surface area contributed by atoms with Crippen molar-refractivity contribution >= 4 is 29.9 Å². The van der Waals surface area contributed by atoms with E-state index < -0.39 is 0 Å². The number of aryl methyl sites for hydroxylation is 2. The Morgan fingerprint density at radius 3 is 2.70 bits per heavy atom. The van der Waals surface area contributed by atoms with Crippen molar-refractivity contribution in [1.82, 2.24) is 10.6 Å². The van der Waals surface area contributed by atoms with Crippen molar-refractivity contribution in [3.63, 3.8) is 0 Å². The second-order valence-corrected chi connectivity index (χ2v) is 6.43. The van der Waals surface area contributed by atoms with Gasteiger partial charge >= 0.3 is 0 Å². The zero-order valence-electron chi connectivity index (χ0n) is 14.7. The van der Waals surface area contributed by atoms with Crippen LogP contribution < -0.4 is 10.6 Å². The van der Waals surface area contributed by atoms with Crippen LogP contribution >= 0.6 is 24.0 Å². The maximum absolute atomic E-state index is 5.79. The van der Waals surface area contributed by atoms with Crippen molar-refractivity contribution in [3.8, 4) is 0 Å². The molecule has 0 spiro atoms. The van der Waals surface area contributed by atoms with Gasteiger partial charge in [0, 0.05) is 26.7 Å². The van der Waals surface area contributed by atoms with E-state index in [-0.39, 0.29) is 29.6 Å². The number of guanidine groups is 1. The Hall–Kier alpha value is -0.820. The van der Waals surface area contributed by atoms with Gasteiger partial charge in [0.25, 0.3) is 0 Å². The SMILES string of the molecule is CN=C(NCCc1ccc(C)cc1C)NCC1(C)CCCO1.I. The minimum Gasteiger partial charge on any atom is -0.373 e. The maximum atomic E-state index is 5.79. The highest BCUT2D eigenvalue weighted by molar-refractivity contribution is 14.0. The summed E-state index contributed by atoms with van der Waals surface area (Å²) in [5.74, 6) is 0.849. The molecule has 0 saturated carbocycles. The van der Waals surface area contributed by atoms with Gasteiger partial charge in [0.2, 0.25) is 0 Å². The monoisotopic (exact) mass is 431 g/mol. The highest BCUT2D eigenvalue weighted by Crippen LogP contribution is 2.23. The van der Waals surface area contributed by atoms with Gasteiger partial charge in [-0.3, -0.25) is 4.99 Å². The molecular weight excluding hydrogens is 401 g/mol. The van der Waals surface area contributed by atoms with E-state index in [4.69, 9.17) is 4.74 Å². The van der Waals surface area contributed by atoms with Crippen molar-refractivity contribution in [2.24, 2.45) is 4.99 Å². The zero-order valence-corrected chi connectivity index (χ0v) is 17.1. The second-order valence-electron chi connectivity index (χ2n) is 6.43. The number of ether oxygens (including phenoxy) is 1. The predicted molar refractivity (Wildman–Crippen MR) is 108 cm³/mol. The van der Waals surface area contributed by atoms with Crippen LogP contribution in [-0.4, -0.2) is 38.3 Å². The van der Waals surface area contributed by atoms with Gasteiger partial charge in [-0.1, -0.05) is 23.8 Å². The van der Waals surface area contributed by atoms with Gasteiger partial charge in [0.1, 0.15) is 0 Å². The summed E-state index contributed by atoms with van der Waals surface area (Å²) in [5.41, 5.74) is 4.01. The lowest BCUT2D eigenvalue weighted by Crippen LogP contribution is -2.45. The summed E-state index contributed by atoms with van der Waals surface area (Å²) >= 11 is 0. The molecule has 1 heterocycles. The molecule has 1 aromatic carbocycles. The highest BCUT2D eigenvalue weighted by atomic mass is 127. The molecular formula is C18H30IN3O. The molecule has 23 heavy (non-hydrogen) atoms. The maximum Gasteiger partial charge on any atom is 0.191 e. The van der Waals surface area contributed by atoms with E-state index in [2.05, 4.69) is 54.6 Å². The molecule has 5 heteroatoms. The van der Waals surface area contributed by atoms with E-state index >= 15 is 0 Å². The van der Waals surface area contributed by atoms with Crippen LogP contribution in [0.4, 0.5) is 0 Å². The Labute approximate surface area is 157 Å². The molecule has 4 nitrogen and oxygen atoms in total. The molecule has 130 valence electrons. The van der Waals surface area contributed by atoms with Crippen LogP contribution in [0.3, 0.4) is 0 Å². The Kier molecular flexibility index (Phi) is 8.33. The number of aliphatic imine (C=N–C) groups is 1. The molecule has 0 radical (unpaired) electrons. The van der Waals surface area contributed by atoms with Crippen LogP contribution in [0.5, 0.6) is 0 Å². The number of halogens is 1. The van der Waals surface area contributed by atoms with Crippen LogP contribution in [-0.2, 0) is 11.2 Å². The first-order valence-electron chi connectivity index (χ1n) is 8.17. The van der Waals surface area contributed by atoms with Crippen LogP contribution in [0.2, 0.25) is 0 Å². The fourth-order valence-electron chi connectivity index (χ4n) is 2.91. The molecule has 1 aliphatic heterocycles. The van der Waals surface area contributed by atoms with Gasteiger partial charge in [-0.05, 0) is 51.2 Å². The second kappa shape index (κ2) is 9.47. The molecule has 0 amide bonds. The molecule has 1 unspecified atom stereocenters. The minimum absolute atomic E-state index is 0. The Morgan fingerprint density at radius 1 is 1.30 bits per heavy atom. The van der Waals surface area contributed by atoms with Gasteiger partial charge in [-0.25, -0.2) is 0 Å². The highest BCUT2D eigenvalue weighted by Gasteiger charge is 2.29. The van der Waals surface area contributed by atoms with Crippen molar-refractivity contribution < 1.29 is 4.74 Å². The smallest absolute Gasteiger partial charge is 0.191 e. The lowest BCUT2D eigenvalue weighted by Gasteiger charge is -2.24. The third kappa shape index (κ3) is 6.30. The first-order chi connectivity index (χ1) is 10.5. The van der Waals surface area contributed by atoms with Crippen LogP contribution in [0.25, 0.3) is 0 Å². The summed E-state index contributed by atoms with van der Waals surface area (Å²) in [6.45, 7) is 9.02. The summed E-state index contributed by atoms with van der Waals surface area (Å²) in [7, 11) is 1.81. The van der Waals surface area contributed by atoms with Gasteiger partial charge in [-0.2, -0.15) is 0 Å². The summed E-state index contributed by atoms with van der Waals surface area (Å²) in [5, 5.41) is 6.76. The molecule has 2 N–H and O–H groups in total. The van der Waals surface area contributed by atoms with Gasteiger partial charge in [0.15, 0.2) is 5.96 Å². The molecule has 0 bridgehead atoms. The number of nitrogens with one attached hydrogen (secondary N) is 2. The van der Waals surface area contributed by atoms with Crippen molar-refractivity contribution in [2.75, 3.05) is 26.7 Å². The largest absolute Gasteiger partial charge is 0.373 e. The van der Waals surface area contributed by atoms with Crippen molar-refractivity contribution in [1.29, 1.82) is 0 Å². The lowest BCUT2D eigenvalue weighted by atomic mass is 10.0. The van der Waals surface area contributed by atoms with Crippen LogP contribution in [0.1, 0.15) is 36.5 Å². The molecule has 0 aromatic heterocycles. The van der Waals surface area contributed by atoms with Crippen molar-refractivity contribution in [3.05, 3.63) is 34.9 Å². The number of benzene rings is 1. The normalized spacial score (nSPS) is 21.0. The Morgan fingerprint density at radius 2 is 2.09 bits per heavy atom. The third-order valence-corrected chi connectivity index (χ3v) is 4.34. The van der Waals surface area contributed by atoms with Crippen molar-refractivity contribution in [2.45, 2.75) is 45.6 Å². The summed E-state index contributed by atoms with van der Waals surface area (Å²) in [6, 6.07) is 6.63. The number of hydrogen-bond donors (Lipinski definition) is 2. The van der Waals surface area contributed by atoms with Crippen LogP contribution in [0, 0.1) is 13.8 Å². The lowest BCUT2D eigenvalue weighted by molar-refractivity contribution is 0.0243. The first-order valence-corrected chi connectivity index (χ1v) is 8.17. The Balaban J connectivity index is 0.00000264. The quantitative estimate of drug-likeness (QED) is 0.428. The summed E-state index contributed by atoms with van der Waals surface area (Å²) in [4.78, 5) is 4.29. The molecule has 0 aliphatic carbocycles. The molecule has 1 aliphatic rings. The number of nitrogens with zero attached hydrogens (tertiary/aromatic N) is 1. The molecule has 2 rings (SSSR count). The Bertz CT molecular complexity index is 525. The van der Waals surface area contributed by atoms with E-state index in [1.54, 1.807) is 0 Å². The van der Waals surface area contributed by atoms with E-state index in [0.717, 1.165) is 44.9 Å². The zero-order chi connectivity index (χ0) is 16.0. The summed E-state index contributed by atoms with van der Waals surface area (Å²) in [6.07, 6.45) is 3.26. The van der Waals surface area contributed by atoms with Gasteiger partial charge in [0.05, 0.1) is 5.60 Å². The molecule has 1 fully saturated rings. The van der Waals surface area contributed by atoms with E-state index in [1.807, 2.05) is 7.05 Å². The predicted octanol–water partition coefficient (Wildman–Crippen LogP) is 3.20. The van der Waals surface area contributed by atoms with Crippen LogP contribution in [0.15, 0.2) is 23.2 Å². The fourth-order valence-corrected chi connectivity index (χ4v) is 2.91. The number of rotatable bonds is 5. The molecule has 1 atom stereocenters. The van der Waals surface area contributed by atoms with Gasteiger partial charge in [-0.15, -0.1) is 24.0 Å².